The van der Waals surface area contributed by atoms with E-state index in [-0.39, 0.29) is 12.5 Å². The summed E-state index contributed by atoms with van der Waals surface area (Å²) in [5.74, 6) is 0.199. The van der Waals surface area contributed by atoms with E-state index in [2.05, 4.69) is 19.1 Å². The van der Waals surface area contributed by atoms with Gasteiger partial charge < -0.3 is 19.9 Å². The number of thiophene rings is 1. The van der Waals surface area contributed by atoms with Crippen molar-refractivity contribution >= 4 is 17.3 Å². The summed E-state index contributed by atoms with van der Waals surface area (Å²) in [5.41, 5.74) is 9.94. The number of hydrogen-bond donors (Lipinski definition) is 1. The fourth-order valence-corrected chi connectivity index (χ4v) is 5.06. The van der Waals surface area contributed by atoms with Crippen molar-refractivity contribution in [3.05, 3.63) is 92.0 Å². The Hall–Kier alpha value is -3.76. The average Bonchev–Trinajstić information content (AvgIpc) is 3.13. The zero-order valence-electron chi connectivity index (χ0n) is 18.7. The number of benzene rings is 2. The summed E-state index contributed by atoms with van der Waals surface area (Å²) < 4.78 is 16.9. The fraction of sp³-hybridized carbons (Fsp3) is 0.231. The van der Waals surface area contributed by atoms with E-state index in [1.165, 1.54) is 16.9 Å². The van der Waals surface area contributed by atoms with Crippen molar-refractivity contribution in [2.75, 3.05) is 6.61 Å². The molecule has 3 aromatic rings. The highest BCUT2D eigenvalue weighted by molar-refractivity contribution is 7.12. The van der Waals surface area contributed by atoms with Gasteiger partial charge in [0, 0.05) is 4.88 Å². The number of hydrogen-bond acceptors (Lipinski definition) is 7. The molecule has 0 bridgehead atoms. The molecule has 1 atom stereocenters. The number of carbonyl (C=O) groups is 1. The minimum atomic E-state index is -0.459. The predicted octanol–water partition coefficient (Wildman–Crippen LogP) is 5.34. The van der Waals surface area contributed by atoms with Gasteiger partial charge in [-0.05, 0) is 49.6 Å². The molecule has 0 aliphatic carbocycles. The third-order valence-electron chi connectivity index (χ3n) is 5.56. The van der Waals surface area contributed by atoms with Crippen molar-refractivity contribution in [3.8, 4) is 17.6 Å². The van der Waals surface area contributed by atoms with E-state index in [0.717, 1.165) is 26.6 Å². The Morgan fingerprint density at radius 2 is 1.91 bits per heavy atom. The molecule has 0 amide bonds. The van der Waals surface area contributed by atoms with E-state index in [1.807, 2.05) is 49.4 Å². The van der Waals surface area contributed by atoms with E-state index in [4.69, 9.17) is 19.9 Å². The lowest BCUT2D eigenvalue weighted by atomic mass is 9.88. The molecule has 4 rings (SSSR count). The molecule has 0 spiro atoms. The van der Waals surface area contributed by atoms with Crippen LogP contribution in [0, 0.1) is 25.2 Å². The second kappa shape index (κ2) is 9.39. The quantitative estimate of drug-likeness (QED) is 0.499. The minimum absolute atomic E-state index is 0.00164. The molecule has 1 unspecified atom stereocenters. The molecule has 7 heteroatoms. The largest absolute Gasteiger partial charge is 0.489 e. The Morgan fingerprint density at radius 3 is 2.58 bits per heavy atom. The molecular formula is C26H24N2O4S. The Labute approximate surface area is 196 Å². The summed E-state index contributed by atoms with van der Waals surface area (Å²) in [7, 11) is 0. The maximum atomic E-state index is 12.5. The molecule has 0 saturated carbocycles. The SMILES string of the molecule is CCOC(=O)c1c(C)sc2c1OC(N)=C(C#N)C2c1ccc(OCc2ccccc2C)cc1. The summed E-state index contributed by atoms with van der Waals surface area (Å²) >= 11 is 1.41. The number of aryl methyl sites for hydroxylation is 2. The molecule has 1 aliphatic heterocycles. The Morgan fingerprint density at radius 1 is 1.18 bits per heavy atom. The number of fused-ring (bicyclic) bond motifs is 1. The third-order valence-corrected chi connectivity index (χ3v) is 6.71. The first-order valence-electron chi connectivity index (χ1n) is 10.6. The predicted molar refractivity (Wildman–Crippen MR) is 126 cm³/mol. The van der Waals surface area contributed by atoms with Crippen molar-refractivity contribution in [2.45, 2.75) is 33.3 Å². The van der Waals surface area contributed by atoms with Crippen molar-refractivity contribution in [3.63, 3.8) is 0 Å². The number of allylic oxidation sites excluding steroid dienone is 1. The summed E-state index contributed by atoms with van der Waals surface area (Å²) in [6.07, 6.45) is 0. The second-order valence-corrected chi connectivity index (χ2v) is 8.91. The van der Waals surface area contributed by atoms with E-state index in [1.54, 1.807) is 6.92 Å². The maximum absolute atomic E-state index is 12.5. The van der Waals surface area contributed by atoms with Gasteiger partial charge in [-0.15, -0.1) is 11.3 Å². The van der Waals surface area contributed by atoms with Gasteiger partial charge in [-0.25, -0.2) is 4.79 Å². The van der Waals surface area contributed by atoms with Gasteiger partial charge in [-0.1, -0.05) is 36.4 Å². The van der Waals surface area contributed by atoms with Crippen LogP contribution in [0.3, 0.4) is 0 Å². The van der Waals surface area contributed by atoms with Gasteiger partial charge in [0.05, 0.1) is 17.4 Å². The number of esters is 1. The maximum Gasteiger partial charge on any atom is 0.343 e. The van der Waals surface area contributed by atoms with Crippen molar-refractivity contribution < 1.29 is 19.0 Å². The van der Waals surface area contributed by atoms with Crippen molar-refractivity contribution in [1.29, 1.82) is 5.26 Å². The van der Waals surface area contributed by atoms with Crippen LogP contribution in [0.5, 0.6) is 11.5 Å². The lowest BCUT2D eigenvalue weighted by molar-refractivity contribution is 0.0522. The lowest BCUT2D eigenvalue weighted by Crippen LogP contribution is -2.21. The highest BCUT2D eigenvalue weighted by Gasteiger charge is 2.37. The summed E-state index contributed by atoms with van der Waals surface area (Å²) in [4.78, 5) is 14.0. The first kappa shape index (κ1) is 22.4. The first-order valence-corrected chi connectivity index (χ1v) is 11.4. The number of nitrogens with zero attached hydrogens (tertiary/aromatic N) is 1. The fourth-order valence-electron chi connectivity index (χ4n) is 3.84. The average molecular weight is 461 g/mol. The molecule has 1 aliphatic rings. The standard InChI is InChI=1S/C26H24N2O4S/c1-4-30-26(29)21-16(3)33-24-22(20(13-27)25(28)32-23(21)24)17-9-11-19(12-10-17)31-14-18-8-6-5-7-15(18)2/h5-12,22H,4,14,28H2,1-3H3. The normalized spacial score (nSPS) is 14.8. The summed E-state index contributed by atoms with van der Waals surface area (Å²) in [5, 5.41) is 9.80. The molecule has 1 aromatic heterocycles. The number of nitrogens with two attached hydrogens (primary N) is 1. The van der Waals surface area contributed by atoms with E-state index < -0.39 is 11.9 Å². The van der Waals surface area contributed by atoms with Crippen LogP contribution in [0.25, 0.3) is 0 Å². The second-order valence-electron chi connectivity index (χ2n) is 7.66. The minimum Gasteiger partial charge on any atom is -0.489 e. The summed E-state index contributed by atoms with van der Waals surface area (Å²) in [6, 6.07) is 17.8. The molecular weight excluding hydrogens is 436 g/mol. The van der Waals surface area contributed by atoms with Crippen LogP contribution in [0.4, 0.5) is 0 Å². The Kier molecular flexibility index (Phi) is 6.38. The van der Waals surface area contributed by atoms with Gasteiger partial charge in [-0.2, -0.15) is 5.26 Å². The molecule has 2 N–H and O–H groups in total. The molecule has 168 valence electrons. The Balaban J connectivity index is 1.65. The van der Waals surface area contributed by atoms with E-state index in [9.17, 15) is 10.1 Å². The number of carbonyl (C=O) groups excluding carboxylic acids is 1. The van der Waals surface area contributed by atoms with Crippen molar-refractivity contribution in [2.24, 2.45) is 5.73 Å². The molecule has 33 heavy (non-hydrogen) atoms. The van der Waals surface area contributed by atoms with Crippen molar-refractivity contribution in [1.82, 2.24) is 0 Å². The molecule has 2 aromatic carbocycles. The third kappa shape index (κ3) is 4.30. The van der Waals surface area contributed by atoms with Crippen LogP contribution in [0.15, 0.2) is 60.0 Å². The molecule has 0 saturated heterocycles. The molecule has 0 fully saturated rings. The molecule has 0 radical (unpaired) electrons. The van der Waals surface area contributed by atoms with E-state index >= 15 is 0 Å². The van der Waals surface area contributed by atoms with Gasteiger partial charge in [0.25, 0.3) is 0 Å². The Bertz CT molecular complexity index is 1270. The highest BCUT2D eigenvalue weighted by atomic mass is 32.1. The lowest BCUT2D eigenvalue weighted by Gasteiger charge is -2.24. The number of rotatable bonds is 6. The van der Waals surface area contributed by atoms with Crippen LogP contribution in [0.1, 0.15) is 49.6 Å². The monoisotopic (exact) mass is 460 g/mol. The highest BCUT2D eigenvalue weighted by Crippen LogP contribution is 2.49. The molecule has 2 heterocycles. The number of ether oxygens (including phenoxy) is 3. The summed E-state index contributed by atoms with van der Waals surface area (Å²) in [6.45, 7) is 6.36. The smallest absolute Gasteiger partial charge is 0.343 e. The van der Waals surface area contributed by atoms with Crippen LogP contribution in [-0.2, 0) is 11.3 Å². The van der Waals surface area contributed by atoms with Gasteiger partial charge in [0.2, 0.25) is 5.88 Å². The zero-order chi connectivity index (χ0) is 23.5. The van der Waals surface area contributed by atoms with Gasteiger partial charge >= 0.3 is 5.97 Å². The first-order chi connectivity index (χ1) is 15.9. The van der Waals surface area contributed by atoms with Crippen LogP contribution in [-0.4, -0.2) is 12.6 Å². The zero-order valence-corrected chi connectivity index (χ0v) is 19.5. The molecule has 6 nitrogen and oxygen atoms in total. The van der Waals surface area contributed by atoms with E-state index in [0.29, 0.717) is 23.5 Å². The van der Waals surface area contributed by atoms with Crippen LogP contribution >= 0.6 is 11.3 Å². The van der Waals surface area contributed by atoms with Gasteiger partial charge in [0.15, 0.2) is 5.75 Å². The van der Waals surface area contributed by atoms with Crippen LogP contribution < -0.4 is 15.2 Å². The topological polar surface area (TPSA) is 94.6 Å². The van der Waals surface area contributed by atoms with Crippen LogP contribution in [0.2, 0.25) is 0 Å². The van der Waals surface area contributed by atoms with Gasteiger partial charge in [-0.3, -0.25) is 0 Å². The number of nitriles is 1. The van der Waals surface area contributed by atoms with Gasteiger partial charge in [0.1, 0.15) is 29.6 Å².